The van der Waals surface area contributed by atoms with Crippen molar-refractivity contribution in [1.29, 1.82) is 0 Å². The lowest BCUT2D eigenvalue weighted by atomic mass is 9.95. The number of alkyl carbamates (subject to hydrolysis) is 1. The lowest BCUT2D eigenvalue weighted by Gasteiger charge is -2.35. The minimum absolute atomic E-state index is 0.102. The van der Waals surface area contributed by atoms with Crippen molar-refractivity contribution >= 4 is 36.5 Å². The SMILES string of the molecule is Cc1ccc(C)c(C(C(=O)NC(Cc2ccccc2)C(=O)OC(C)(C)C)N(CCO)C(=O)C(CS)NC(=O)OC(C)(C)C)c1. The van der Waals surface area contributed by atoms with Crippen LogP contribution < -0.4 is 10.6 Å². The van der Waals surface area contributed by atoms with Crippen molar-refractivity contribution in [2.24, 2.45) is 0 Å². The van der Waals surface area contributed by atoms with Gasteiger partial charge in [-0.2, -0.15) is 12.6 Å². The van der Waals surface area contributed by atoms with E-state index in [-0.39, 0.29) is 18.7 Å². The number of esters is 1. The Labute approximate surface area is 266 Å². The van der Waals surface area contributed by atoms with E-state index in [0.717, 1.165) is 11.1 Å². The van der Waals surface area contributed by atoms with E-state index in [1.165, 1.54) is 4.90 Å². The maximum Gasteiger partial charge on any atom is 0.408 e. The highest BCUT2D eigenvalue weighted by Crippen LogP contribution is 2.27. The van der Waals surface area contributed by atoms with Crippen molar-refractivity contribution in [2.45, 2.75) is 91.1 Å². The standard InChI is InChI=1S/C33H47N3O7S/c1-21-14-15-22(2)24(18-21)27(36(16-17-37)29(39)26(20-44)35-31(41)43-33(6,7)8)28(38)34-25(30(40)42-32(3,4)5)19-23-12-10-9-11-13-23/h9-15,18,25-27,37,44H,16-17,19-20H2,1-8H3,(H,34,38)(H,35,41). The molecule has 0 bridgehead atoms. The molecule has 3 amide bonds. The van der Waals surface area contributed by atoms with Gasteiger partial charge in [0.1, 0.15) is 29.3 Å². The van der Waals surface area contributed by atoms with Gasteiger partial charge in [-0.25, -0.2) is 9.59 Å². The Morgan fingerprint density at radius 2 is 1.50 bits per heavy atom. The molecule has 0 aromatic heterocycles. The smallest absolute Gasteiger partial charge is 0.408 e. The number of aliphatic hydroxyl groups is 1. The van der Waals surface area contributed by atoms with Crippen LogP contribution in [0.25, 0.3) is 0 Å². The number of hydrogen-bond acceptors (Lipinski definition) is 8. The second-order valence-corrected chi connectivity index (χ2v) is 13.0. The monoisotopic (exact) mass is 629 g/mol. The van der Waals surface area contributed by atoms with Gasteiger partial charge in [0.2, 0.25) is 11.8 Å². The summed E-state index contributed by atoms with van der Waals surface area (Å²) in [7, 11) is 0. The highest BCUT2D eigenvalue weighted by Gasteiger charge is 2.38. The maximum atomic E-state index is 14.3. The number of hydrogen-bond donors (Lipinski definition) is 4. The molecule has 0 aliphatic rings. The van der Waals surface area contributed by atoms with Crippen LogP contribution in [0.5, 0.6) is 0 Å². The Hall–Kier alpha value is -3.57. The Bertz CT molecular complexity index is 1290. The van der Waals surface area contributed by atoms with Crippen molar-refractivity contribution in [3.63, 3.8) is 0 Å². The molecule has 0 saturated carbocycles. The van der Waals surface area contributed by atoms with E-state index in [1.54, 1.807) is 54.5 Å². The van der Waals surface area contributed by atoms with Gasteiger partial charge in [0.15, 0.2) is 0 Å². The Kier molecular flexibility index (Phi) is 13.3. The van der Waals surface area contributed by atoms with E-state index in [4.69, 9.17) is 9.47 Å². The van der Waals surface area contributed by atoms with Crippen LogP contribution in [0.2, 0.25) is 0 Å². The molecule has 2 rings (SSSR count). The molecule has 10 nitrogen and oxygen atoms in total. The average molecular weight is 630 g/mol. The van der Waals surface area contributed by atoms with E-state index < -0.39 is 59.8 Å². The van der Waals surface area contributed by atoms with Gasteiger partial charge in [-0.15, -0.1) is 0 Å². The molecule has 3 unspecified atom stereocenters. The minimum Gasteiger partial charge on any atom is -0.458 e. The zero-order chi connectivity index (χ0) is 33.2. The third-order valence-corrected chi connectivity index (χ3v) is 6.74. The van der Waals surface area contributed by atoms with Gasteiger partial charge in [-0.3, -0.25) is 9.59 Å². The van der Waals surface area contributed by atoms with Gasteiger partial charge in [-0.1, -0.05) is 54.1 Å². The maximum absolute atomic E-state index is 14.3. The third-order valence-electron chi connectivity index (χ3n) is 6.38. The predicted octanol–water partition coefficient (Wildman–Crippen LogP) is 4.06. The molecule has 0 heterocycles. The summed E-state index contributed by atoms with van der Waals surface area (Å²) in [6, 6.07) is 11.2. The van der Waals surface area contributed by atoms with Crippen LogP contribution in [0.15, 0.2) is 48.5 Å². The van der Waals surface area contributed by atoms with Crippen LogP contribution in [0, 0.1) is 13.8 Å². The molecule has 0 radical (unpaired) electrons. The molecule has 0 aliphatic carbocycles. The lowest BCUT2D eigenvalue weighted by molar-refractivity contribution is -0.159. The van der Waals surface area contributed by atoms with E-state index in [9.17, 15) is 24.3 Å². The number of nitrogens with zero attached hydrogens (tertiary/aromatic N) is 1. The van der Waals surface area contributed by atoms with Gasteiger partial charge in [-0.05, 0) is 72.1 Å². The molecule has 2 aromatic rings. The quantitative estimate of drug-likeness (QED) is 0.206. The van der Waals surface area contributed by atoms with Gasteiger partial charge >= 0.3 is 12.1 Å². The van der Waals surface area contributed by atoms with Gasteiger partial charge in [0.25, 0.3) is 0 Å². The van der Waals surface area contributed by atoms with Gasteiger partial charge < -0.3 is 30.1 Å². The fraction of sp³-hybridized carbons (Fsp3) is 0.515. The summed E-state index contributed by atoms with van der Waals surface area (Å²) in [5.74, 6) is -2.04. The molecular weight excluding hydrogens is 582 g/mol. The molecule has 11 heteroatoms. The molecule has 0 saturated heterocycles. The number of rotatable bonds is 12. The van der Waals surface area contributed by atoms with Crippen molar-refractivity contribution < 1.29 is 33.8 Å². The Morgan fingerprint density at radius 1 is 0.886 bits per heavy atom. The summed E-state index contributed by atoms with van der Waals surface area (Å²) in [6.45, 7) is 13.3. The number of aryl methyl sites for hydroxylation is 2. The number of carbonyl (C=O) groups excluding carboxylic acids is 4. The van der Waals surface area contributed by atoms with Crippen LogP contribution in [0.3, 0.4) is 0 Å². The minimum atomic E-state index is -1.27. The largest absolute Gasteiger partial charge is 0.458 e. The highest BCUT2D eigenvalue weighted by molar-refractivity contribution is 7.80. The fourth-order valence-corrected chi connectivity index (χ4v) is 4.73. The molecule has 0 fully saturated rings. The molecule has 0 spiro atoms. The van der Waals surface area contributed by atoms with E-state index in [2.05, 4.69) is 23.3 Å². The summed E-state index contributed by atoms with van der Waals surface area (Å²) in [5, 5.41) is 15.4. The first kappa shape index (κ1) is 36.6. The molecule has 2 aromatic carbocycles. The van der Waals surface area contributed by atoms with Gasteiger partial charge in [0, 0.05) is 18.7 Å². The second-order valence-electron chi connectivity index (χ2n) is 12.7. The van der Waals surface area contributed by atoms with Crippen molar-refractivity contribution in [2.75, 3.05) is 18.9 Å². The van der Waals surface area contributed by atoms with Crippen LogP contribution >= 0.6 is 12.6 Å². The lowest BCUT2D eigenvalue weighted by Crippen LogP contribution is -2.56. The normalized spacial score (nSPS) is 13.7. The first-order valence-corrected chi connectivity index (χ1v) is 15.2. The van der Waals surface area contributed by atoms with Crippen LogP contribution in [0.1, 0.15) is 69.8 Å². The molecular formula is C33H47N3O7S. The van der Waals surface area contributed by atoms with Crippen molar-refractivity contribution in [3.8, 4) is 0 Å². The van der Waals surface area contributed by atoms with E-state index >= 15 is 0 Å². The first-order chi connectivity index (χ1) is 20.5. The zero-order valence-corrected chi connectivity index (χ0v) is 27.9. The third kappa shape index (κ3) is 11.5. The molecule has 3 atom stereocenters. The number of amides is 3. The van der Waals surface area contributed by atoms with Crippen LogP contribution in [-0.2, 0) is 30.3 Å². The summed E-state index contributed by atoms with van der Waals surface area (Å²) >= 11 is 4.28. The summed E-state index contributed by atoms with van der Waals surface area (Å²) in [5.41, 5.74) is 1.23. The van der Waals surface area contributed by atoms with Crippen molar-refractivity contribution in [1.82, 2.24) is 15.5 Å². The average Bonchev–Trinajstić information content (AvgIpc) is 2.91. The second kappa shape index (κ2) is 15.9. The molecule has 242 valence electrons. The van der Waals surface area contributed by atoms with E-state index in [0.29, 0.717) is 11.1 Å². The fourth-order valence-electron chi connectivity index (χ4n) is 4.48. The summed E-state index contributed by atoms with van der Waals surface area (Å²) in [6.07, 6.45) is -0.677. The van der Waals surface area contributed by atoms with Crippen LogP contribution in [-0.4, -0.2) is 76.1 Å². The topological polar surface area (TPSA) is 134 Å². The number of carbonyl (C=O) groups is 4. The van der Waals surface area contributed by atoms with Gasteiger partial charge in [0.05, 0.1) is 6.61 Å². The number of aliphatic hydroxyl groups excluding tert-OH is 1. The van der Waals surface area contributed by atoms with Crippen LogP contribution in [0.4, 0.5) is 4.79 Å². The number of benzene rings is 2. The zero-order valence-electron chi connectivity index (χ0n) is 27.0. The molecule has 0 aliphatic heterocycles. The van der Waals surface area contributed by atoms with Crippen molar-refractivity contribution in [3.05, 3.63) is 70.8 Å². The number of thiol groups is 1. The molecule has 3 N–H and O–H groups in total. The first-order valence-electron chi connectivity index (χ1n) is 14.6. The summed E-state index contributed by atoms with van der Waals surface area (Å²) < 4.78 is 11.0. The Morgan fingerprint density at radius 3 is 2.05 bits per heavy atom. The summed E-state index contributed by atoms with van der Waals surface area (Å²) in [4.78, 5) is 55.4. The Balaban J connectivity index is 2.58. The predicted molar refractivity (Wildman–Crippen MR) is 172 cm³/mol. The highest BCUT2D eigenvalue weighted by atomic mass is 32.1. The molecule has 44 heavy (non-hydrogen) atoms. The van der Waals surface area contributed by atoms with E-state index in [1.807, 2.05) is 49.4 Å². The number of nitrogens with one attached hydrogen (secondary N) is 2. The number of ether oxygens (including phenoxy) is 2.